The highest BCUT2D eigenvalue weighted by Gasteiger charge is 2.18. The molecule has 0 unspecified atom stereocenters. The second kappa shape index (κ2) is 8.49. The molecular formula is C22H21ClN2O4. The van der Waals surface area contributed by atoms with Gasteiger partial charge in [-0.3, -0.25) is 9.59 Å². The molecule has 0 radical (unpaired) electrons. The van der Waals surface area contributed by atoms with E-state index in [1.807, 2.05) is 0 Å². The van der Waals surface area contributed by atoms with Gasteiger partial charge in [-0.2, -0.15) is 0 Å². The average Bonchev–Trinajstić information content (AvgIpc) is 2.68. The van der Waals surface area contributed by atoms with Gasteiger partial charge in [0, 0.05) is 28.9 Å². The minimum atomic E-state index is -1.07. The van der Waals surface area contributed by atoms with Crippen LogP contribution in [0.1, 0.15) is 52.5 Å². The summed E-state index contributed by atoms with van der Waals surface area (Å²) in [6.07, 6.45) is 2.06. The Morgan fingerprint density at radius 3 is 2.41 bits per heavy atom. The fraction of sp³-hybridized carbons (Fsp3) is 0.227. The van der Waals surface area contributed by atoms with Crippen molar-refractivity contribution >= 4 is 40.6 Å². The number of carboxylic acids is 1. The summed E-state index contributed by atoms with van der Waals surface area (Å²) in [5, 5.41) is 15.5. The van der Waals surface area contributed by atoms with E-state index >= 15 is 0 Å². The summed E-state index contributed by atoms with van der Waals surface area (Å²) in [5.41, 5.74) is 3.66. The Kier molecular flexibility index (Phi) is 6.03. The van der Waals surface area contributed by atoms with Crippen molar-refractivity contribution in [3.05, 3.63) is 69.4 Å². The van der Waals surface area contributed by atoms with E-state index in [0.717, 1.165) is 24.1 Å². The molecule has 150 valence electrons. The van der Waals surface area contributed by atoms with Crippen LogP contribution in [0.15, 0.2) is 47.7 Å². The standard InChI is InChI=1S/C22H21ClN2O4/c1-12-6-7-15(22(28)29)11-18(12)25-21(27)14-8-9-16(23)19(10-14)24-17-4-3-5-20(26)13(17)2/h6-11,24H,3-5H2,1-2H3,(H,25,27)(H,28,29). The third-order valence-electron chi connectivity index (χ3n) is 4.95. The number of Topliss-reactive ketones (excluding diaryl/α,β-unsaturated/α-hetero) is 1. The molecule has 3 N–H and O–H groups in total. The lowest BCUT2D eigenvalue weighted by Crippen LogP contribution is -2.16. The molecule has 0 fully saturated rings. The van der Waals surface area contributed by atoms with Gasteiger partial charge in [0.25, 0.3) is 5.91 Å². The third kappa shape index (κ3) is 4.66. The van der Waals surface area contributed by atoms with Crippen LogP contribution in [0, 0.1) is 6.92 Å². The van der Waals surface area contributed by atoms with Crippen LogP contribution in [-0.4, -0.2) is 22.8 Å². The van der Waals surface area contributed by atoms with Gasteiger partial charge in [0.1, 0.15) is 0 Å². The molecule has 1 aliphatic rings. The molecule has 6 nitrogen and oxygen atoms in total. The van der Waals surface area contributed by atoms with Gasteiger partial charge in [0.05, 0.1) is 16.3 Å². The van der Waals surface area contributed by atoms with Crippen LogP contribution >= 0.6 is 11.6 Å². The van der Waals surface area contributed by atoms with E-state index in [1.54, 1.807) is 38.1 Å². The molecule has 7 heteroatoms. The summed E-state index contributed by atoms with van der Waals surface area (Å²) < 4.78 is 0. The molecule has 1 amide bonds. The molecular weight excluding hydrogens is 392 g/mol. The van der Waals surface area contributed by atoms with Crippen molar-refractivity contribution in [3.63, 3.8) is 0 Å². The highest BCUT2D eigenvalue weighted by molar-refractivity contribution is 6.33. The Bertz CT molecular complexity index is 1040. The fourth-order valence-corrected chi connectivity index (χ4v) is 3.30. The fourth-order valence-electron chi connectivity index (χ4n) is 3.13. The van der Waals surface area contributed by atoms with Gasteiger partial charge in [-0.25, -0.2) is 4.79 Å². The average molecular weight is 413 g/mol. The van der Waals surface area contributed by atoms with E-state index < -0.39 is 5.97 Å². The maximum absolute atomic E-state index is 12.7. The predicted molar refractivity (Wildman–Crippen MR) is 113 cm³/mol. The van der Waals surface area contributed by atoms with Gasteiger partial charge >= 0.3 is 5.97 Å². The molecule has 0 aromatic heterocycles. The van der Waals surface area contributed by atoms with Crippen LogP contribution in [0.25, 0.3) is 0 Å². The quantitative estimate of drug-likeness (QED) is 0.639. The van der Waals surface area contributed by atoms with Gasteiger partial charge < -0.3 is 15.7 Å². The molecule has 2 aromatic carbocycles. The van der Waals surface area contributed by atoms with E-state index in [9.17, 15) is 14.4 Å². The maximum atomic E-state index is 12.7. The zero-order chi connectivity index (χ0) is 21.1. The van der Waals surface area contributed by atoms with Crippen LogP contribution in [0.3, 0.4) is 0 Å². The van der Waals surface area contributed by atoms with Crippen molar-refractivity contribution < 1.29 is 19.5 Å². The number of rotatable bonds is 5. The summed E-state index contributed by atoms with van der Waals surface area (Å²) in [7, 11) is 0. The first kappa shape index (κ1) is 20.6. The maximum Gasteiger partial charge on any atom is 0.335 e. The van der Waals surface area contributed by atoms with Crippen LogP contribution in [0.2, 0.25) is 5.02 Å². The minimum absolute atomic E-state index is 0.0914. The highest BCUT2D eigenvalue weighted by Crippen LogP contribution is 2.29. The SMILES string of the molecule is CC1=C(Nc2cc(C(=O)Nc3cc(C(=O)O)ccc3C)ccc2Cl)CCCC1=O. The van der Waals surface area contributed by atoms with Crippen molar-refractivity contribution in [2.45, 2.75) is 33.1 Å². The number of carbonyl (C=O) groups is 3. The number of nitrogens with one attached hydrogen (secondary N) is 2. The lowest BCUT2D eigenvalue weighted by atomic mass is 9.96. The predicted octanol–water partition coefficient (Wildman–Crippen LogP) is 5.04. The van der Waals surface area contributed by atoms with Gasteiger partial charge in [-0.1, -0.05) is 17.7 Å². The van der Waals surface area contributed by atoms with E-state index in [1.165, 1.54) is 12.1 Å². The number of aromatic carboxylic acids is 1. The number of hydrogen-bond donors (Lipinski definition) is 3. The minimum Gasteiger partial charge on any atom is -0.478 e. The number of amides is 1. The molecule has 29 heavy (non-hydrogen) atoms. The summed E-state index contributed by atoms with van der Waals surface area (Å²) >= 11 is 6.28. The Labute approximate surface area is 173 Å². The monoisotopic (exact) mass is 412 g/mol. The molecule has 1 aliphatic carbocycles. The molecule has 0 heterocycles. The first-order chi connectivity index (χ1) is 13.8. The number of carbonyl (C=O) groups excluding carboxylic acids is 2. The van der Waals surface area contributed by atoms with E-state index in [-0.39, 0.29) is 17.3 Å². The van der Waals surface area contributed by atoms with E-state index in [4.69, 9.17) is 16.7 Å². The second-order valence-corrected chi connectivity index (χ2v) is 7.40. The molecule has 0 atom stereocenters. The molecule has 0 spiro atoms. The van der Waals surface area contributed by atoms with Gasteiger partial charge in [-0.15, -0.1) is 0 Å². The first-order valence-electron chi connectivity index (χ1n) is 9.21. The van der Waals surface area contributed by atoms with Crippen molar-refractivity contribution in [2.75, 3.05) is 10.6 Å². The third-order valence-corrected chi connectivity index (χ3v) is 5.28. The van der Waals surface area contributed by atoms with Gasteiger partial charge in [0.15, 0.2) is 5.78 Å². The summed E-state index contributed by atoms with van der Waals surface area (Å²) in [4.78, 5) is 35.8. The lowest BCUT2D eigenvalue weighted by Gasteiger charge is -2.19. The molecule has 0 bridgehead atoms. The number of aryl methyl sites for hydroxylation is 1. The largest absolute Gasteiger partial charge is 0.478 e. The lowest BCUT2D eigenvalue weighted by molar-refractivity contribution is -0.116. The van der Waals surface area contributed by atoms with Crippen LogP contribution in [0.4, 0.5) is 11.4 Å². The highest BCUT2D eigenvalue weighted by atomic mass is 35.5. The zero-order valence-electron chi connectivity index (χ0n) is 16.1. The van der Waals surface area contributed by atoms with Crippen LogP contribution < -0.4 is 10.6 Å². The summed E-state index contributed by atoms with van der Waals surface area (Å²) in [6.45, 7) is 3.57. The van der Waals surface area contributed by atoms with Crippen molar-refractivity contribution in [3.8, 4) is 0 Å². The summed E-state index contributed by atoms with van der Waals surface area (Å²) in [5.74, 6) is -1.34. The first-order valence-corrected chi connectivity index (χ1v) is 9.59. The normalized spacial score (nSPS) is 14.0. The number of allylic oxidation sites excluding steroid dienone is 2. The molecule has 0 aliphatic heterocycles. The van der Waals surface area contributed by atoms with Crippen molar-refractivity contribution in [2.24, 2.45) is 0 Å². The van der Waals surface area contributed by atoms with Gasteiger partial charge in [0.2, 0.25) is 0 Å². The molecule has 0 saturated carbocycles. The molecule has 2 aromatic rings. The van der Waals surface area contributed by atoms with Crippen molar-refractivity contribution in [1.29, 1.82) is 0 Å². The topological polar surface area (TPSA) is 95.5 Å². The van der Waals surface area contributed by atoms with Gasteiger partial charge in [-0.05, 0) is 62.6 Å². The van der Waals surface area contributed by atoms with Crippen LogP contribution in [-0.2, 0) is 4.79 Å². The Morgan fingerprint density at radius 1 is 1.00 bits per heavy atom. The molecule has 0 saturated heterocycles. The zero-order valence-corrected chi connectivity index (χ0v) is 16.9. The van der Waals surface area contributed by atoms with Crippen molar-refractivity contribution in [1.82, 2.24) is 0 Å². The smallest absolute Gasteiger partial charge is 0.335 e. The number of benzene rings is 2. The number of halogens is 1. The second-order valence-electron chi connectivity index (χ2n) is 6.99. The Hall–Kier alpha value is -3.12. The molecule has 3 rings (SSSR count). The Morgan fingerprint density at radius 2 is 1.69 bits per heavy atom. The van der Waals surface area contributed by atoms with E-state index in [0.29, 0.717) is 34.0 Å². The number of anilines is 2. The number of carboxylic acid groups (broad SMARTS) is 1. The number of hydrogen-bond acceptors (Lipinski definition) is 4. The Balaban J connectivity index is 1.85. The van der Waals surface area contributed by atoms with Crippen LogP contribution in [0.5, 0.6) is 0 Å². The number of ketones is 1. The van der Waals surface area contributed by atoms with E-state index in [2.05, 4.69) is 10.6 Å². The summed E-state index contributed by atoms with van der Waals surface area (Å²) in [6, 6.07) is 9.37.